The van der Waals surface area contributed by atoms with Gasteiger partial charge >= 0.3 is 0 Å². The summed E-state index contributed by atoms with van der Waals surface area (Å²) in [5.41, 5.74) is 1.12. The monoisotopic (exact) mass is 367 g/mol. The van der Waals surface area contributed by atoms with Gasteiger partial charge in [-0.15, -0.1) is 11.3 Å². The fourth-order valence-corrected chi connectivity index (χ4v) is 3.22. The zero-order valence-electron chi connectivity index (χ0n) is 16.3. The summed E-state index contributed by atoms with van der Waals surface area (Å²) in [7, 11) is 0. The summed E-state index contributed by atoms with van der Waals surface area (Å²) in [6.07, 6.45) is 1.31. The van der Waals surface area contributed by atoms with Gasteiger partial charge in [-0.2, -0.15) is 0 Å². The number of carbonyl (C=O) groups is 1. The topological polar surface area (TPSA) is 69.6 Å². The summed E-state index contributed by atoms with van der Waals surface area (Å²) >= 11 is 1.72. The number of amides is 1. The Morgan fingerprint density at radius 3 is 2.56 bits per heavy atom. The number of aliphatic imine (C=N–C) groups is 1. The lowest BCUT2D eigenvalue weighted by Gasteiger charge is -2.18. The molecule has 0 aliphatic rings. The first-order valence-electron chi connectivity index (χ1n) is 9.25. The van der Waals surface area contributed by atoms with Crippen molar-refractivity contribution in [1.29, 1.82) is 0 Å². The van der Waals surface area contributed by atoms with Crippen molar-refractivity contribution in [2.45, 2.75) is 53.4 Å². The van der Waals surface area contributed by atoms with E-state index in [4.69, 9.17) is 0 Å². The van der Waals surface area contributed by atoms with Gasteiger partial charge in [-0.1, -0.05) is 13.8 Å². The fourth-order valence-electron chi connectivity index (χ4n) is 2.35. The minimum absolute atomic E-state index is 0.160. The molecule has 7 heteroatoms. The van der Waals surface area contributed by atoms with Crippen molar-refractivity contribution in [2.75, 3.05) is 32.7 Å². The second-order valence-corrected chi connectivity index (χ2v) is 6.97. The van der Waals surface area contributed by atoms with Crippen LogP contribution in [0.15, 0.2) is 10.4 Å². The molecule has 0 atom stereocenters. The van der Waals surface area contributed by atoms with Gasteiger partial charge in [-0.05, 0) is 20.8 Å². The Morgan fingerprint density at radius 1 is 1.28 bits per heavy atom. The number of nitrogens with zero attached hydrogens (tertiary/aromatic N) is 3. The summed E-state index contributed by atoms with van der Waals surface area (Å²) in [5.74, 6) is 1.40. The highest BCUT2D eigenvalue weighted by Gasteiger charge is 2.09. The first kappa shape index (κ1) is 21.4. The second kappa shape index (κ2) is 11.8. The number of thiazole rings is 1. The fraction of sp³-hybridized carbons (Fsp3) is 0.722. The standard InChI is InChI=1S/C18H33N5OS/c1-6-19-18(21-12-10-16(24)23(7-2)8-3)20-11-9-15-13-25-17(22-15)14(4)5/h13-14H,6-12H2,1-5H3,(H2,19,20,21). The Balaban J connectivity index is 2.43. The molecular formula is C18H33N5OS. The van der Waals surface area contributed by atoms with E-state index < -0.39 is 0 Å². The highest BCUT2D eigenvalue weighted by atomic mass is 32.1. The second-order valence-electron chi connectivity index (χ2n) is 6.09. The lowest BCUT2D eigenvalue weighted by atomic mass is 10.2. The Labute approximate surface area is 156 Å². The summed E-state index contributed by atoms with van der Waals surface area (Å²) in [6, 6.07) is 0. The Kier molecular flexibility index (Phi) is 10.1. The number of aromatic nitrogens is 1. The third-order valence-corrected chi connectivity index (χ3v) is 4.99. The van der Waals surface area contributed by atoms with E-state index in [9.17, 15) is 4.79 Å². The van der Waals surface area contributed by atoms with E-state index >= 15 is 0 Å². The SMILES string of the molecule is CCNC(=NCCC(=O)N(CC)CC)NCCc1csc(C(C)C)n1. The minimum atomic E-state index is 0.160. The highest BCUT2D eigenvalue weighted by Crippen LogP contribution is 2.19. The third-order valence-electron chi connectivity index (χ3n) is 3.79. The number of rotatable bonds is 10. The average Bonchev–Trinajstić information content (AvgIpc) is 3.05. The number of nitrogens with one attached hydrogen (secondary N) is 2. The number of carbonyl (C=O) groups excluding carboxylic acids is 1. The Bertz CT molecular complexity index is 537. The predicted molar refractivity (Wildman–Crippen MR) is 106 cm³/mol. The van der Waals surface area contributed by atoms with E-state index in [1.165, 1.54) is 5.01 Å². The molecule has 1 amide bonds. The lowest BCUT2D eigenvalue weighted by molar-refractivity contribution is -0.130. The van der Waals surface area contributed by atoms with Gasteiger partial charge < -0.3 is 15.5 Å². The van der Waals surface area contributed by atoms with Crippen molar-refractivity contribution in [3.8, 4) is 0 Å². The summed E-state index contributed by atoms with van der Waals surface area (Å²) in [5, 5.41) is 9.85. The average molecular weight is 368 g/mol. The minimum Gasteiger partial charge on any atom is -0.357 e. The summed E-state index contributed by atoms with van der Waals surface area (Å²) in [4.78, 5) is 23.0. The quantitative estimate of drug-likeness (QED) is 0.493. The molecule has 142 valence electrons. The Hall–Kier alpha value is -1.63. The molecule has 1 aromatic rings. The molecule has 0 radical (unpaired) electrons. The van der Waals surface area contributed by atoms with Gasteiger partial charge in [0.2, 0.25) is 5.91 Å². The van der Waals surface area contributed by atoms with Crippen LogP contribution in [0.5, 0.6) is 0 Å². The molecule has 0 aromatic carbocycles. The van der Waals surface area contributed by atoms with Gasteiger partial charge in [0, 0.05) is 50.3 Å². The van der Waals surface area contributed by atoms with E-state index in [1.54, 1.807) is 11.3 Å². The summed E-state index contributed by atoms with van der Waals surface area (Å²) < 4.78 is 0. The molecule has 6 nitrogen and oxygen atoms in total. The molecule has 2 N–H and O–H groups in total. The van der Waals surface area contributed by atoms with E-state index in [-0.39, 0.29) is 5.91 Å². The maximum absolute atomic E-state index is 12.0. The molecule has 0 aliphatic heterocycles. The van der Waals surface area contributed by atoms with E-state index in [2.05, 4.69) is 39.8 Å². The van der Waals surface area contributed by atoms with Gasteiger partial charge in [0.25, 0.3) is 0 Å². The van der Waals surface area contributed by atoms with Crippen molar-refractivity contribution < 1.29 is 4.79 Å². The van der Waals surface area contributed by atoms with Gasteiger partial charge in [0.1, 0.15) is 0 Å². The molecule has 0 saturated heterocycles. The van der Waals surface area contributed by atoms with Crippen LogP contribution in [-0.4, -0.2) is 54.5 Å². The maximum Gasteiger partial charge on any atom is 0.224 e. The first-order valence-corrected chi connectivity index (χ1v) is 10.1. The van der Waals surface area contributed by atoms with Crippen molar-refractivity contribution in [1.82, 2.24) is 20.5 Å². The molecule has 0 saturated carbocycles. The lowest BCUT2D eigenvalue weighted by Crippen LogP contribution is -2.38. The summed E-state index contributed by atoms with van der Waals surface area (Å²) in [6.45, 7) is 13.9. The number of hydrogen-bond acceptors (Lipinski definition) is 4. The van der Waals surface area contributed by atoms with Crippen molar-refractivity contribution in [3.63, 3.8) is 0 Å². The smallest absolute Gasteiger partial charge is 0.224 e. The van der Waals surface area contributed by atoms with Gasteiger partial charge in [0.15, 0.2) is 5.96 Å². The maximum atomic E-state index is 12.0. The molecular weight excluding hydrogens is 334 g/mol. The highest BCUT2D eigenvalue weighted by molar-refractivity contribution is 7.09. The first-order chi connectivity index (χ1) is 12.0. The van der Waals surface area contributed by atoms with Crippen LogP contribution in [0.4, 0.5) is 0 Å². The van der Waals surface area contributed by atoms with Crippen LogP contribution in [0.25, 0.3) is 0 Å². The predicted octanol–water partition coefficient (Wildman–Crippen LogP) is 2.62. The van der Waals surface area contributed by atoms with Crippen LogP contribution in [0.1, 0.15) is 57.7 Å². The van der Waals surface area contributed by atoms with Crippen LogP contribution < -0.4 is 10.6 Å². The van der Waals surface area contributed by atoms with E-state index in [1.807, 2.05) is 25.7 Å². The van der Waals surface area contributed by atoms with Crippen LogP contribution in [0, 0.1) is 0 Å². The van der Waals surface area contributed by atoms with Crippen molar-refractivity contribution in [2.24, 2.45) is 4.99 Å². The molecule has 1 heterocycles. The molecule has 1 aromatic heterocycles. The number of hydrogen-bond donors (Lipinski definition) is 2. The number of guanidine groups is 1. The molecule has 0 spiro atoms. The Morgan fingerprint density at radius 2 is 2.00 bits per heavy atom. The van der Waals surface area contributed by atoms with E-state index in [0.29, 0.717) is 18.9 Å². The zero-order chi connectivity index (χ0) is 18.7. The molecule has 0 unspecified atom stereocenters. The van der Waals surface area contributed by atoms with Crippen LogP contribution >= 0.6 is 11.3 Å². The van der Waals surface area contributed by atoms with Crippen LogP contribution in [0.3, 0.4) is 0 Å². The van der Waals surface area contributed by atoms with Crippen LogP contribution in [-0.2, 0) is 11.2 Å². The normalized spacial score (nSPS) is 11.7. The molecule has 0 bridgehead atoms. The zero-order valence-corrected chi connectivity index (χ0v) is 17.1. The molecule has 0 aliphatic carbocycles. The van der Waals surface area contributed by atoms with Gasteiger partial charge in [-0.3, -0.25) is 9.79 Å². The van der Waals surface area contributed by atoms with Crippen LogP contribution in [0.2, 0.25) is 0 Å². The third kappa shape index (κ3) is 7.86. The van der Waals surface area contributed by atoms with Crippen molar-refractivity contribution >= 4 is 23.2 Å². The van der Waals surface area contributed by atoms with Crippen molar-refractivity contribution in [3.05, 3.63) is 16.1 Å². The van der Waals surface area contributed by atoms with E-state index in [0.717, 1.165) is 44.3 Å². The molecule has 0 fully saturated rings. The molecule has 25 heavy (non-hydrogen) atoms. The van der Waals surface area contributed by atoms with Gasteiger partial charge in [0.05, 0.1) is 17.2 Å². The van der Waals surface area contributed by atoms with Gasteiger partial charge in [-0.25, -0.2) is 4.98 Å². The molecule has 1 rings (SSSR count). The largest absolute Gasteiger partial charge is 0.357 e.